The average molecular weight is 2050 g/mol. The molecular formula is C85H68N14O32S8. The van der Waals surface area contributed by atoms with Gasteiger partial charge in [0.1, 0.15) is 31.1 Å². The SMILES string of the molecule is C=c1c2c(C(=O)c3cccc(S(=O)(=O)O)c3)c(=O)n(C)/c1=C/C=C(/Nc1cc(Nc3nc(NCCCCCCNc4nc(Nc5cc(Nc6ccc7c8c6C(=O)c6ccccc6-c8c(C(=O)c6cccc(S(=O)(=O)O)c6)c(=O)n7C)c(S(=O)(=O)O)cc5S(=O)(=O)O)nc(Oc5ccc(S(=O)(=O)O)cc5)n4)nc(Oc4ccc(S(=O)(=O)O)cc4)n3)c(S(=O)(=O)O)cc1S(=O)(=O)O)CC(=O)c1ccccc1-2. The van der Waals surface area contributed by atoms with E-state index in [1.165, 1.54) is 99.0 Å². The number of rotatable bonds is 33. The number of fused-ring (bicyclic) bond motifs is 6. The van der Waals surface area contributed by atoms with Crippen LogP contribution in [-0.4, -0.2) is 179 Å². The second-order valence-corrected chi connectivity index (χ2v) is 41.7. The standard InChI is InChI=1S/C85H68N14O32S8/c1-43-62-32-22-46(38-64(100)53-18-6-7-19-54(53)69(43)73(78(104)98(62)2)75(101)44-14-12-16-51(36-44)134(112,113)114)88-58-39-60(67(138(124,125)126)41-65(58)136(118,119)120)90-82-92-80(94-84(96-82)130-47-23-27-49(28-24-47)132(106,107)108)86-34-10-4-5-11-35-87-81-93-83(97-85(95-81)131-48-25-29-50(30-26-48)133(109,110)111)91-61-40-59(66(137(121,122)123)42-68(61)139(127,128)129)89-57-31-33-63-72-70(55-20-8-9-21-56(55)77(103)71(57)72)74(79(105)99(63)3)76(102)45-15-13-17-52(37-45)135(115,116)117/h6-9,12-33,36-37,39-42,88-89H,1,4-5,10-11,34-35,38H2,2-3H3,(H,106,107,108)(H,109,110,111)(H,112,113,114)(H,115,116,117)(H,118,119,120)(H,121,122,123)(H,124,125,126)(H,127,128,129)(H2,86,90,92,94,96)(H2,87,91,93,95,97)/b46-22+,62-32+. The smallest absolute Gasteiger partial charge is 0.328 e. The van der Waals surface area contributed by atoms with Crippen LogP contribution < -0.4 is 63.1 Å². The first-order chi connectivity index (χ1) is 65.2. The minimum atomic E-state index is -5.61. The Morgan fingerprint density at radius 1 is 0.374 bits per heavy atom. The number of ketones is 4. The van der Waals surface area contributed by atoms with E-state index in [-0.39, 0.29) is 127 Å². The van der Waals surface area contributed by atoms with Crippen LogP contribution >= 0.6 is 0 Å². The lowest BCUT2D eigenvalue weighted by atomic mass is 9.80. The molecule has 0 fully saturated rings. The lowest BCUT2D eigenvalue weighted by Gasteiger charge is -2.26. The molecule has 718 valence electrons. The molecule has 9 aromatic carbocycles. The third-order valence-electron chi connectivity index (χ3n) is 21.4. The number of anilines is 9. The molecule has 15 rings (SSSR count). The molecule has 0 radical (unpaired) electrons. The maximum atomic E-state index is 15.0. The lowest BCUT2D eigenvalue weighted by molar-refractivity contribution is 0.0990. The highest BCUT2D eigenvalue weighted by Crippen LogP contribution is 2.47. The Hall–Kier alpha value is -15.0. The lowest BCUT2D eigenvalue weighted by Crippen LogP contribution is -2.45. The highest BCUT2D eigenvalue weighted by molar-refractivity contribution is 7.88. The number of ether oxygens (including phenoxy) is 2. The fourth-order valence-electron chi connectivity index (χ4n) is 15.1. The van der Waals surface area contributed by atoms with Gasteiger partial charge in [0.2, 0.25) is 23.8 Å². The van der Waals surface area contributed by atoms with E-state index in [2.05, 4.69) is 68.4 Å². The number of hydrogen-bond acceptors (Lipinski definition) is 36. The number of allylic oxidation sites excluding steroid dienone is 2. The van der Waals surface area contributed by atoms with Gasteiger partial charge in [0, 0.05) is 71.6 Å². The molecule has 0 saturated heterocycles. The quantitative estimate of drug-likeness (QED) is 0.0104. The monoisotopic (exact) mass is 2050 g/mol. The molecule has 0 saturated carbocycles. The van der Waals surface area contributed by atoms with Crippen molar-refractivity contribution in [2.45, 2.75) is 71.3 Å². The Kier molecular flexibility index (Phi) is 26.6. The first-order valence-corrected chi connectivity index (χ1v) is 51.4. The van der Waals surface area contributed by atoms with Gasteiger partial charge in [-0.15, -0.1) is 0 Å². The van der Waals surface area contributed by atoms with Crippen LogP contribution in [0.5, 0.6) is 23.5 Å². The number of hydrogen-bond donors (Lipinski definition) is 14. The molecule has 0 aliphatic heterocycles. The van der Waals surface area contributed by atoms with Gasteiger partial charge in [-0.3, -0.25) is 65.2 Å². The van der Waals surface area contributed by atoms with E-state index in [4.69, 9.17) is 9.47 Å². The summed E-state index contributed by atoms with van der Waals surface area (Å²) in [5, 5.41) is 16.2. The molecule has 4 aromatic heterocycles. The van der Waals surface area contributed by atoms with Crippen LogP contribution in [0.2, 0.25) is 0 Å². The van der Waals surface area contributed by atoms with Gasteiger partial charge >= 0.3 is 12.0 Å². The van der Waals surface area contributed by atoms with Crippen molar-refractivity contribution in [3.05, 3.63) is 264 Å². The van der Waals surface area contributed by atoms with Gasteiger partial charge in [-0.1, -0.05) is 92.2 Å². The summed E-state index contributed by atoms with van der Waals surface area (Å²) in [6.07, 6.45) is 2.90. The summed E-state index contributed by atoms with van der Waals surface area (Å²) in [4.78, 5) is 106. The third kappa shape index (κ3) is 21.1. The Balaban J connectivity index is 0.709. The van der Waals surface area contributed by atoms with Crippen molar-refractivity contribution in [2.24, 2.45) is 14.1 Å². The van der Waals surface area contributed by atoms with Crippen molar-refractivity contribution in [2.75, 3.05) is 45.0 Å². The van der Waals surface area contributed by atoms with Crippen molar-refractivity contribution < 1.29 is 132 Å². The number of aromatic nitrogens is 8. The molecule has 0 atom stereocenters. The van der Waals surface area contributed by atoms with Crippen molar-refractivity contribution in [3.8, 4) is 45.8 Å². The van der Waals surface area contributed by atoms with Gasteiger partial charge in [-0.25, -0.2) is 0 Å². The van der Waals surface area contributed by atoms with E-state index in [0.29, 0.717) is 25.0 Å². The largest absolute Gasteiger partial charge is 0.424 e. The number of benzene rings is 9. The molecule has 0 amide bonds. The first-order valence-electron chi connectivity index (χ1n) is 39.9. The Morgan fingerprint density at radius 3 is 1.21 bits per heavy atom. The minimum Gasteiger partial charge on any atom is -0.424 e. The van der Waals surface area contributed by atoms with E-state index >= 15 is 4.79 Å². The molecule has 0 spiro atoms. The van der Waals surface area contributed by atoms with Gasteiger partial charge < -0.3 is 50.5 Å². The number of carbonyl (C=O) groups is 4. The fraction of sp³-hybridized carbons (Fsp3) is 0.106. The molecule has 2 aliphatic carbocycles. The van der Waals surface area contributed by atoms with Crippen LogP contribution in [0.1, 0.15) is 90.2 Å². The number of nitrogens with zero attached hydrogens (tertiary/aromatic N) is 8. The van der Waals surface area contributed by atoms with Crippen LogP contribution in [0.25, 0.3) is 45.8 Å². The van der Waals surface area contributed by atoms with E-state index in [1.54, 1.807) is 0 Å². The summed E-state index contributed by atoms with van der Waals surface area (Å²) in [6.45, 7) is 4.12. The summed E-state index contributed by atoms with van der Waals surface area (Å²) in [6, 6.07) is 30.9. The van der Waals surface area contributed by atoms with Gasteiger partial charge in [0.25, 0.3) is 92.1 Å². The van der Waals surface area contributed by atoms with Crippen LogP contribution in [0.3, 0.4) is 0 Å². The zero-order valence-electron chi connectivity index (χ0n) is 70.9. The van der Waals surface area contributed by atoms with E-state index in [0.717, 1.165) is 106 Å². The number of nitrogens with one attached hydrogen (secondary N) is 6. The fourth-order valence-corrected chi connectivity index (χ4v) is 19.8. The number of Topliss-reactive ketones (excluding diaryl/α,β-unsaturated/α-hetero) is 1. The molecule has 2 aliphatic rings. The van der Waals surface area contributed by atoms with Crippen LogP contribution in [-0.2, 0) is 95.0 Å². The molecule has 0 unspecified atom stereocenters. The summed E-state index contributed by atoms with van der Waals surface area (Å²) in [7, 11) is -39.2. The van der Waals surface area contributed by atoms with Crippen LogP contribution in [0, 0.1) is 0 Å². The Labute approximate surface area is 786 Å². The van der Waals surface area contributed by atoms with Gasteiger partial charge in [0.05, 0.1) is 82.0 Å². The Bertz CT molecular complexity index is 8800. The molecule has 139 heavy (non-hydrogen) atoms. The van der Waals surface area contributed by atoms with E-state index < -0.39 is 224 Å². The predicted octanol–water partition coefficient (Wildman–Crippen LogP) is 8.59. The van der Waals surface area contributed by atoms with Crippen molar-refractivity contribution in [1.29, 1.82) is 0 Å². The third-order valence-corrected chi connectivity index (χ3v) is 28.4. The molecule has 14 N–H and O–H groups in total. The average Bonchev–Trinajstić information content (AvgIpc) is 0.702. The summed E-state index contributed by atoms with van der Waals surface area (Å²) < 4.78 is 300. The number of unbranched alkanes of at least 4 members (excludes halogenated alkanes) is 3. The number of pyridine rings is 2. The highest BCUT2D eigenvalue weighted by Gasteiger charge is 2.38. The van der Waals surface area contributed by atoms with Crippen LogP contribution in [0.4, 0.5) is 52.2 Å². The second-order valence-electron chi connectivity index (χ2n) is 30.5. The summed E-state index contributed by atoms with van der Waals surface area (Å²) in [5.74, 6) is -6.14. The van der Waals surface area contributed by atoms with Crippen LogP contribution in [0.15, 0.2) is 243 Å². The van der Waals surface area contributed by atoms with Gasteiger partial charge in [0.15, 0.2) is 23.1 Å². The zero-order chi connectivity index (χ0) is 100. The number of carbonyl (C=O) groups excluding carboxylic acids is 4. The molecule has 13 aromatic rings. The second kappa shape index (κ2) is 37.5. The van der Waals surface area contributed by atoms with Crippen molar-refractivity contribution >= 4 is 180 Å². The van der Waals surface area contributed by atoms with Gasteiger partial charge in [-0.05, 0) is 151 Å². The zero-order valence-corrected chi connectivity index (χ0v) is 77.4. The van der Waals surface area contributed by atoms with Crippen molar-refractivity contribution in [1.82, 2.24) is 39.0 Å². The molecule has 54 heteroatoms. The summed E-state index contributed by atoms with van der Waals surface area (Å²) in [5.41, 5.74) is -8.40. The minimum absolute atomic E-state index is 0.00216. The molecule has 46 nitrogen and oxygen atoms in total. The Morgan fingerprint density at radius 2 is 0.770 bits per heavy atom. The van der Waals surface area contributed by atoms with Crippen molar-refractivity contribution in [3.63, 3.8) is 0 Å². The topological polar surface area (TPSA) is 715 Å². The molecular weight excluding hydrogens is 1990 g/mol. The van der Waals surface area contributed by atoms with Gasteiger partial charge in [-0.2, -0.15) is 97.2 Å². The summed E-state index contributed by atoms with van der Waals surface area (Å²) >= 11 is 0. The number of aryl methyl sites for hydroxylation is 1. The first kappa shape index (κ1) is 98.5. The van der Waals surface area contributed by atoms with E-state index in [9.17, 15) is 128 Å². The maximum absolute atomic E-state index is 15.0. The highest BCUT2D eigenvalue weighted by atomic mass is 32.2. The molecule has 4 heterocycles. The molecule has 2 bridgehead atoms. The predicted molar refractivity (Wildman–Crippen MR) is 494 cm³/mol. The van der Waals surface area contributed by atoms with E-state index in [1.807, 2.05) is 0 Å². The maximum Gasteiger partial charge on any atom is 0.328 e. The normalized spacial score (nSPS) is 13.6.